The zero-order valence-corrected chi connectivity index (χ0v) is 10.4. The van der Waals surface area contributed by atoms with E-state index in [2.05, 4.69) is 26.4 Å². The van der Waals surface area contributed by atoms with Gasteiger partial charge in [0.15, 0.2) is 0 Å². The van der Waals surface area contributed by atoms with Gasteiger partial charge >= 0.3 is 0 Å². The van der Waals surface area contributed by atoms with Gasteiger partial charge in [-0.15, -0.1) is 0 Å². The summed E-state index contributed by atoms with van der Waals surface area (Å²) in [6.45, 7) is 1.64. The van der Waals surface area contributed by atoms with Crippen LogP contribution in [0.25, 0.3) is 0 Å². The van der Waals surface area contributed by atoms with Crippen molar-refractivity contribution in [2.24, 2.45) is 0 Å². The third-order valence-corrected chi connectivity index (χ3v) is 2.83. The first kappa shape index (κ1) is 11.8. The number of amides is 1. The molecule has 1 aromatic heterocycles. The van der Waals surface area contributed by atoms with Gasteiger partial charge in [-0.25, -0.2) is 4.39 Å². The highest BCUT2D eigenvalue weighted by atomic mass is 79.9. The summed E-state index contributed by atoms with van der Waals surface area (Å²) in [5.41, 5.74) is 0.832. The predicted octanol–water partition coefficient (Wildman–Crippen LogP) is 3.14. The molecular formula is C11H8BrFN2O2. The number of carbonyl (C=O) groups is 1. The van der Waals surface area contributed by atoms with E-state index in [1.54, 1.807) is 6.92 Å². The smallest absolute Gasteiger partial charge is 0.260 e. The van der Waals surface area contributed by atoms with E-state index in [1.807, 2.05) is 0 Å². The zero-order valence-electron chi connectivity index (χ0n) is 8.83. The van der Waals surface area contributed by atoms with Gasteiger partial charge in [0.2, 0.25) is 0 Å². The zero-order chi connectivity index (χ0) is 12.4. The Hall–Kier alpha value is -1.69. The maximum atomic E-state index is 12.9. The van der Waals surface area contributed by atoms with Crippen molar-refractivity contribution >= 4 is 27.5 Å². The predicted molar refractivity (Wildman–Crippen MR) is 63.3 cm³/mol. The molecule has 88 valence electrons. The molecule has 0 unspecified atom stereocenters. The Kier molecular flexibility index (Phi) is 3.23. The molecule has 4 nitrogen and oxygen atoms in total. The Balaban J connectivity index is 2.22. The minimum absolute atomic E-state index is 0.348. The molecule has 1 N–H and O–H groups in total. The summed E-state index contributed by atoms with van der Waals surface area (Å²) >= 11 is 3.16. The molecule has 0 aliphatic carbocycles. The molecule has 0 fully saturated rings. The highest BCUT2D eigenvalue weighted by molar-refractivity contribution is 9.10. The van der Waals surface area contributed by atoms with Crippen LogP contribution in [0, 0.1) is 12.7 Å². The molecule has 0 bridgehead atoms. The monoisotopic (exact) mass is 298 g/mol. The van der Waals surface area contributed by atoms with Gasteiger partial charge in [-0.3, -0.25) is 4.79 Å². The molecule has 1 heterocycles. The van der Waals surface area contributed by atoms with Crippen LogP contribution >= 0.6 is 15.9 Å². The lowest BCUT2D eigenvalue weighted by molar-refractivity contribution is 0.102. The molecule has 0 aliphatic rings. The second-order valence-corrected chi connectivity index (χ2v) is 4.23. The fourth-order valence-corrected chi connectivity index (χ4v) is 1.75. The molecule has 0 atom stereocenters. The summed E-state index contributed by atoms with van der Waals surface area (Å²) in [6.07, 6.45) is 1.34. The number of nitrogens with one attached hydrogen (secondary N) is 1. The maximum Gasteiger partial charge on any atom is 0.260 e. The van der Waals surface area contributed by atoms with Crippen molar-refractivity contribution in [2.75, 3.05) is 5.32 Å². The number of benzene rings is 1. The summed E-state index contributed by atoms with van der Waals surface area (Å²) in [4.78, 5) is 11.8. The van der Waals surface area contributed by atoms with E-state index in [-0.39, 0.29) is 11.7 Å². The van der Waals surface area contributed by atoms with Gasteiger partial charge in [-0.2, -0.15) is 0 Å². The number of hydrogen-bond donors (Lipinski definition) is 1. The molecule has 17 heavy (non-hydrogen) atoms. The lowest BCUT2D eigenvalue weighted by Crippen LogP contribution is -2.12. The fraction of sp³-hybridized carbons (Fsp3) is 0.0909. The molecule has 1 amide bonds. The number of anilines is 1. The van der Waals surface area contributed by atoms with Crippen LogP contribution in [-0.4, -0.2) is 11.1 Å². The minimum atomic E-state index is -0.379. The van der Waals surface area contributed by atoms with Gasteiger partial charge in [0.05, 0.1) is 11.9 Å². The van der Waals surface area contributed by atoms with E-state index < -0.39 is 0 Å². The van der Waals surface area contributed by atoms with Crippen molar-refractivity contribution in [1.29, 1.82) is 0 Å². The van der Waals surface area contributed by atoms with E-state index in [9.17, 15) is 9.18 Å². The fourth-order valence-electron chi connectivity index (χ4n) is 1.30. The van der Waals surface area contributed by atoms with Crippen molar-refractivity contribution in [3.05, 3.63) is 46.0 Å². The number of carbonyl (C=O) groups excluding carboxylic acids is 1. The summed E-state index contributed by atoms with van der Waals surface area (Å²) in [5.74, 6) is -0.298. The van der Waals surface area contributed by atoms with Crippen molar-refractivity contribution in [3.63, 3.8) is 0 Å². The molecule has 6 heteroatoms. The van der Waals surface area contributed by atoms with Crippen molar-refractivity contribution in [2.45, 2.75) is 6.92 Å². The SMILES string of the molecule is Cc1oncc1C(=O)Nc1ccc(F)cc1Br. The minimum Gasteiger partial charge on any atom is -0.361 e. The van der Waals surface area contributed by atoms with Gasteiger partial charge in [0.1, 0.15) is 17.1 Å². The van der Waals surface area contributed by atoms with Crippen molar-refractivity contribution in [3.8, 4) is 0 Å². The van der Waals surface area contributed by atoms with Crippen LogP contribution < -0.4 is 5.32 Å². The molecule has 2 rings (SSSR count). The number of nitrogens with zero attached hydrogens (tertiary/aromatic N) is 1. The average Bonchev–Trinajstić information content (AvgIpc) is 2.68. The van der Waals surface area contributed by atoms with E-state index >= 15 is 0 Å². The molecule has 1 aromatic carbocycles. The summed E-state index contributed by atoms with van der Waals surface area (Å²) < 4.78 is 18.1. The lowest BCUT2D eigenvalue weighted by Gasteiger charge is -2.06. The van der Waals surface area contributed by atoms with Crippen LogP contribution in [0.2, 0.25) is 0 Å². The summed E-state index contributed by atoms with van der Waals surface area (Å²) in [7, 11) is 0. The van der Waals surface area contributed by atoms with E-state index in [0.717, 1.165) is 0 Å². The molecular weight excluding hydrogens is 291 g/mol. The number of hydrogen-bond acceptors (Lipinski definition) is 3. The Morgan fingerprint density at radius 1 is 1.53 bits per heavy atom. The van der Waals surface area contributed by atoms with Gasteiger partial charge in [0, 0.05) is 4.47 Å². The molecule has 0 saturated heterocycles. The standard InChI is InChI=1S/C11H8BrFN2O2/c1-6-8(5-14-17-6)11(16)15-10-3-2-7(13)4-9(10)12/h2-5H,1H3,(H,15,16). The number of aromatic nitrogens is 1. The second-order valence-electron chi connectivity index (χ2n) is 3.37. The molecule has 2 aromatic rings. The number of halogens is 2. The molecule has 0 saturated carbocycles. The highest BCUT2D eigenvalue weighted by Crippen LogP contribution is 2.23. The van der Waals surface area contributed by atoms with Crippen LogP contribution in [0.1, 0.15) is 16.1 Å². The maximum absolute atomic E-state index is 12.9. The summed E-state index contributed by atoms with van der Waals surface area (Å²) in [5, 5.41) is 6.14. The van der Waals surface area contributed by atoms with Gasteiger partial charge < -0.3 is 9.84 Å². The lowest BCUT2D eigenvalue weighted by atomic mass is 10.2. The van der Waals surface area contributed by atoms with Crippen molar-refractivity contribution in [1.82, 2.24) is 5.16 Å². The van der Waals surface area contributed by atoms with E-state index in [0.29, 0.717) is 21.5 Å². The van der Waals surface area contributed by atoms with Crippen LogP contribution in [0.5, 0.6) is 0 Å². The first-order chi connectivity index (χ1) is 8.08. The molecule has 0 aliphatic heterocycles. The average molecular weight is 299 g/mol. The van der Waals surface area contributed by atoms with Crippen LogP contribution in [-0.2, 0) is 0 Å². The number of rotatable bonds is 2. The Bertz CT molecular complexity index is 568. The van der Waals surface area contributed by atoms with Crippen LogP contribution in [0.4, 0.5) is 10.1 Å². The second kappa shape index (κ2) is 4.67. The van der Waals surface area contributed by atoms with Gasteiger partial charge in [-0.1, -0.05) is 5.16 Å². The topological polar surface area (TPSA) is 55.1 Å². The Labute approximate surface area is 105 Å². The first-order valence-corrected chi connectivity index (χ1v) is 5.55. The van der Waals surface area contributed by atoms with E-state index in [1.165, 1.54) is 24.4 Å². The first-order valence-electron chi connectivity index (χ1n) is 4.75. The number of aryl methyl sites for hydroxylation is 1. The van der Waals surface area contributed by atoms with Gasteiger partial charge in [-0.05, 0) is 41.1 Å². The largest absolute Gasteiger partial charge is 0.361 e. The van der Waals surface area contributed by atoms with Crippen molar-refractivity contribution < 1.29 is 13.7 Å². The summed E-state index contributed by atoms with van der Waals surface area (Å²) in [6, 6.07) is 4.01. The van der Waals surface area contributed by atoms with Crippen LogP contribution in [0.15, 0.2) is 33.4 Å². The normalized spacial score (nSPS) is 10.3. The third kappa shape index (κ3) is 2.52. The third-order valence-electron chi connectivity index (χ3n) is 2.17. The molecule has 0 spiro atoms. The van der Waals surface area contributed by atoms with E-state index in [4.69, 9.17) is 4.52 Å². The Morgan fingerprint density at radius 3 is 2.88 bits per heavy atom. The quantitative estimate of drug-likeness (QED) is 0.927. The van der Waals surface area contributed by atoms with Crippen LogP contribution in [0.3, 0.4) is 0 Å². The highest BCUT2D eigenvalue weighted by Gasteiger charge is 2.14. The Morgan fingerprint density at radius 2 is 2.29 bits per heavy atom. The molecule has 0 radical (unpaired) electrons. The van der Waals surface area contributed by atoms with Gasteiger partial charge in [0.25, 0.3) is 5.91 Å².